The Balaban J connectivity index is 1.76. The number of unbranched alkanes of at least 4 members (excludes halogenated alkanes) is 1. The number of ether oxygens (including phenoxy) is 2. The highest BCUT2D eigenvalue weighted by Gasteiger charge is 2.09. The summed E-state index contributed by atoms with van der Waals surface area (Å²) in [6.07, 6.45) is 2.72. The highest BCUT2D eigenvalue weighted by Crippen LogP contribution is 2.25. The van der Waals surface area contributed by atoms with Gasteiger partial charge in [-0.2, -0.15) is 0 Å². The summed E-state index contributed by atoms with van der Waals surface area (Å²) in [7, 11) is 0. The summed E-state index contributed by atoms with van der Waals surface area (Å²) in [4.78, 5) is 24.1. The van der Waals surface area contributed by atoms with Crippen molar-refractivity contribution in [2.45, 2.75) is 39.5 Å². The Labute approximate surface area is 174 Å². The molecule has 28 heavy (non-hydrogen) atoms. The highest BCUT2D eigenvalue weighted by molar-refractivity contribution is 9.10. The third kappa shape index (κ3) is 7.35. The third-order valence-corrected chi connectivity index (χ3v) is 4.63. The van der Waals surface area contributed by atoms with Crippen LogP contribution in [-0.2, 0) is 9.53 Å². The number of carbonyl (C=O) groups excluding carboxylic acids is 2. The molecule has 2 rings (SSSR count). The van der Waals surface area contributed by atoms with Crippen LogP contribution in [0.25, 0.3) is 0 Å². The fourth-order valence-corrected chi connectivity index (χ4v) is 3.09. The number of aryl methyl sites for hydroxylation is 1. The van der Waals surface area contributed by atoms with Crippen LogP contribution in [0.15, 0.2) is 46.9 Å². The number of amides is 1. The molecule has 1 N–H and O–H groups in total. The third-order valence-electron chi connectivity index (χ3n) is 4.01. The number of esters is 1. The van der Waals surface area contributed by atoms with Gasteiger partial charge in [0.15, 0.2) is 0 Å². The largest absolute Gasteiger partial charge is 0.492 e. The molecule has 2 aromatic rings. The standard InChI is InChI=1S/C22H26BrNO4/c1-3-4-12-28-22(26)17-7-5-8-18(15-17)24-21(25)9-6-13-27-20-11-10-16(2)14-19(20)23/h5,7-8,10-11,14-15H,3-4,6,9,12-13H2,1-2H3,(H,24,25). The maximum atomic E-state index is 12.1. The minimum atomic E-state index is -0.373. The van der Waals surface area contributed by atoms with Crippen molar-refractivity contribution in [3.8, 4) is 5.75 Å². The van der Waals surface area contributed by atoms with Gasteiger partial charge in [0.25, 0.3) is 0 Å². The Morgan fingerprint density at radius 1 is 1.07 bits per heavy atom. The molecule has 0 aliphatic rings. The zero-order chi connectivity index (χ0) is 20.4. The Bertz CT molecular complexity index is 807. The predicted molar refractivity (Wildman–Crippen MR) is 114 cm³/mol. The van der Waals surface area contributed by atoms with Crippen molar-refractivity contribution >= 4 is 33.5 Å². The van der Waals surface area contributed by atoms with Gasteiger partial charge in [-0.1, -0.05) is 25.5 Å². The van der Waals surface area contributed by atoms with Crippen LogP contribution in [0.2, 0.25) is 0 Å². The quantitative estimate of drug-likeness (QED) is 0.385. The van der Waals surface area contributed by atoms with Crippen LogP contribution in [-0.4, -0.2) is 25.1 Å². The first kappa shape index (κ1) is 22.0. The smallest absolute Gasteiger partial charge is 0.338 e. The van der Waals surface area contributed by atoms with Crippen molar-refractivity contribution in [2.75, 3.05) is 18.5 Å². The molecular formula is C22H26BrNO4. The molecule has 0 aliphatic heterocycles. The van der Waals surface area contributed by atoms with Crippen LogP contribution in [0, 0.1) is 6.92 Å². The first-order valence-corrected chi connectivity index (χ1v) is 10.2. The first-order valence-electron chi connectivity index (χ1n) is 9.45. The van der Waals surface area contributed by atoms with Gasteiger partial charge in [-0.3, -0.25) is 4.79 Å². The van der Waals surface area contributed by atoms with E-state index in [0.29, 0.717) is 37.3 Å². The number of rotatable bonds is 10. The van der Waals surface area contributed by atoms with Crippen LogP contribution in [0.5, 0.6) is 5.75 Å². The molecule has 2 aromatic carbocycles. The number of benzene rings is 2. The van der Waals surface area contributed by atoms with E-state index < -0.39 is 0 Å². The second-order valence-electron chi connectivity index (χ2n) is 6.50. The average molecular weight is 448 g/mol. The molecule has 1 amide bonds. The summed E-state index contributed by atoms with van der Waals surface area (Å²) < 4.78 is 11.8. The van der Waals surface area contributed by atoms with Gasteiger partial charge in [0.2, 0.25) is 5.91 Å². The molecule has 5 nitrogen and oxygen atoms in total. The molecule has 0 saturated carbocycles. The lowest BCUT2D eigenvalue weighted by molar-refractivity contribution is -0.116. The van der Waals surface area contributed by atoms with Gasteiger partial charge in [-0.05, 0) is 71.6 Å². The number of anilines is 1. The summed E-state index contributed by atoms with van der Waals surface area (Å²) in [5.41, 5.74) is 2.16. The molecular weight excluding hydrogens is 422 g/mol. The lowest BCUT2D eigenvalue weighted by atomic mass is 10.2. The topological polar surface area (TPSA) is 64.6 Å². The zero-order valence-corrected chi connectivity index (χ0v) is 17.9. The average Bonchev–Trinajstić information content (AvgIpc) is 2.67. The molecule has 6 heteroatoms. The van der Waals surface area contributed by atoms with E-state index in [2.05, 4.69) is 21.2 Å². The molecule has 0 heterocycles. The van der Waals surface area contributed by atoms with Gasteiger partial charge in [0, 0.05) is 12.1 Å². The van der Waals surface area contributed by atoms with Crippen LogP contribution in [0.3, 0.4) is 0 Å². The Hall–Kier alpha value is -2.34. The normalized spacial score (nSPS) is 10.4. The molecule has 0 unspecified atom stereocenters. The lowest BCUT2D eigenvalue weighted by Crippen LogP contribution is -2.13. The monoisotopic (exact) mass is 447 g/mol. The van der Waals surface area contributed by atoms with Crippen LogP contribution >= 0.6 is 15.9 Å². The van der Waals surface area contributed by atoms with Crippen LogP contribution < -0.4 is 10.1 Å². The molecule has 0 fully saturated rings. The summed E-state index contributed by atoms with van der Waals surface area (Å²) in [5, 5.41) is 2.81. The van der Waals surface area contributed by atoms with Gasteiger partial charge in [-0.15, -0.1) is 0 Å². The van der Waals surface area contributed by atoms with Crippen molar-refractivity contribution in [1.29, 1.82) is 0 Å². The number of hydrogen-bond donors (Lipinski definition) is 1. The number of halogens is 1. The van der Waals surface area contributed by atoms with E-state index in [4.69, 9.17) is 9.47 Å². The maximum Gasteiger partial charge on any atom is 0.338 e. The second kappa shape index (κ2) is 11.5. The first-order chi connectivity index (χ1) is 13.5. The SMILES string of the molecule is CCCCOC(=O)c1cccc(NC(=O)CCCOc2ccc(C)cc2Br)c1. The van der Waals surface area contributed by atoms with E-state index in [0.717, 1.165) is 28.6 Å². The van der Waals surface area contributed by atoms with E-state index in [1.807, 2.05) is 32.0 Å². The predicted octanol–water partition coefficient (Wildman–Crippen LogP) is 5.51. The minimum Gasteiger partial charge on any atom is -0.492 e. The van der Waals surface area contributed by atoms with Gasteiger partial charge in [0.1, 0.15) is 5.75 Å². The highest BCUT2D eigenvalue weighted by atomic mass is 79.9. The van der Waals surface area contributed by atoms with Crippen molar-refractivity contribution in [3.63, 3.8) is 0 Å². The molecule has 0 atom stereocenters. The van der Waals surface area contributed by atoms with Gasteiger partial charge in [-0.25, -0.2) is 4.79 Å². The van der Waals surface area contributed by atoms with Gasteiger partial charge < -0.3 is 14.8 Å². The summed E-state index contributed by atoms with van der Waals surface area (Å²) in [6, 6.07) is 12.7. The van der Waals surface area contributed by atoms with Crippen molar-refractivity contribution < 1.29 is 19.1 Å². The molecule has 0 aromatic heterocycles. The van der Waals surface area contributed by atoms with Crippen LogP contribution in [0.4, 0.5) is 5.69 Å². The van der Waals surface area contributed by atoms with Crippen molar-refractivity contribution in [1.82, 2.24) is 0 Å². The summed E-state index contributed by atoms with van der Waals surface area (Å²) >= 11 is 3.47. The van der Waals surface area contributed by atoms with E-state index in [1.54, 1.807) is 24.3 Å². The Kier molecular flexibility index (Phi) is 9.01. The van der Waals surface area contributed by atoms with Gasteiger partial charge in [0.05, 0.1) is 23.2 Å². The zero-order valence-electron chi connectivity index (χ0n) is 16.3. The minimum absolute atomic E-state index is 0.122. The number of nitrogens with one attached hydrogen (secondary N) is 1. The molecule has 0 aliphatic carbocycles. The molecule has 150 valence electrons. The second-order valence-corrected chi connectivity index (χ2v) is 7.36. The lowest BCUT2D eigenvalue weighted by Gasteiger charge is -2.10. The maximum absolute atomic E-state index is 12.1. The van der Waals surface area contributed by atoms with Crippen molar-refractivity contribution in [2.24, 2.45) is 0 Å². The van der Waals surface area contributed by atoms with Crippen molar-refractivity contribution in [3.05, 3.63) is 58.1 Å². The van der Waals surface area contributed by atoms with E-state index in [1.165, 1.54) is 0 Å². The van der Waals surface area contributed by atoms with E-state index in [9.17, 15) is 9.59 Å². The van der Waals surface area contributed by atoms with Gasteiger partial charge >= 0.3 is 5.97 Å². The Morgan fingerprint density at radius 3 is 2.64 bits per heavy atom. The summed E-state index contributed by atoms with van der Waals surface area (Å²) in [6.45, 7) is 4.90. The number of hydrogen-bond acceptors (Lipinski definition) is 4. The molecule has 0 bridgehead atoms. The Morgan fingerprint density at radius 2 is 1.89 bits per heavy atom. The van der Waals surface area contributed by atoms with E-state index in [-0.39, 0.29) is 11.9 Å². The molecule has 0 radical (unpaired) electrons. The van der Waals surface area contributed by atoms with E-state index >= 15 is 0 Å². The number of carbonyl (C=O) groups is 2. The molecule has 0 spiro atoms. The summed E-state index contributed by atoms with van der Waals surface area (Å²) in [5.74, 6) is 0.269. The van der Waals surface area contributed by atoms with Crippen LogP contribution in [0.1, 0.15) is 48.5 Å². The molecule has 0 saturated heterocycles. The fourth-order valence-electron chi connectivity index (χ4n) is 2.48. The fraction of sp³-hybridized carbons (Fsp3) is 0.364.